The highest BCUT2D eigenvalue weighted by Gasteiger charge is 2.22. The van der Waals surface area contributed by atoms with E-state index in [1.807, 2.05) is 0 Å². The van der Waals surface area contributed by atoms with Crippen LogP contribution in [-0.4, -0.2) is 56.5 Å². The lowest BCUT2D eigenvalue weighted by Crippen LogP contribution is -2.14. The quantitative estimate of drug-likeness (QED) is 0.128. The Morgan fingerprint density at radius 1 is 0.727 bits per heavy atom. The van der Waals surface area contributed by atoms with E-state index in [9.17, 15) is 18.0 Å². The van der Waals surface area contributed by atoms with Crippen LogP contribution < -0.4 is 0 Å². The molecular formula is C24H37F3O5S. The summed E-state index contributed by atoms with van der Waals surface area (Å²) in [6.45, 7) is 2.10. The highest BCUT2D eigenvalue weighted by atomic mass is 32.1. The Hall–Kier alpha value is -1.29. The molecule has 1 aromatic carbocycles. The van der Waals surface area contributed by atoms with Gasteiger partial charge in [-0.3, -0.25) is 0 Å². The van der Waals surface area contributed by atoms with E-state index in [2.05, 4.69) is 12.6 Å². The van der Waals surface area contributed by atoms with Crippen LogP contribution in [-0.2, 0) is 20.6 Å². The number of ether oxygens (including phenoxy) is 3. The van der Waals surface area contributed by atoms with Gasteiger partial charge in [-0.25, -0.2) is 18.0 Å². The monoisotopic (exact) mass is 494 g/mol. The molecule has 1 rings (SSSR count). The van der Waals surface area contributed by atoms with Crippen molar-refractivity contribution in [2.75, 3.05) is 45.4 Å². The van der Waals surface area contributed by atoms with Gasteiger partial charge in [0.05, 0.1) is 38.6 Å². The molecule has 0 radical (unpaired) electrons. The molecule has 1 N–H and O–H groups in total. The van der Waals surface area contributed by atoms with E-state index < -0.39 is 34.5 Å². The SMILES string of the molecule is O=C(O)c1cc(F)c(F)c(F)c1CCOCCOCCOCCCCCCCCCCCS. The summed E-state index contributed by atoms with van der Waals surface area (Å²) in [5, 5.41) is 9.03. The number of halogens is 3. The fraction of sp³-hybridized carbons (Fsp3) is 0.708. The Morgan fingerprint density at radius 3 is 1.76 bits per heavy atom. The molecule has 0 spiro atoms. The van der Waals surface area contributed by atoms with Crippen LogP contribution in [0.1, 0.15) is 73.7 Å². The minimum absolute atomic E-state index is 0.0439. The summed E-state index contributed by atoms with van der Waals surface area (Å²) >= 11 is 4.21. The van der Waals surface area contributed by atoms with Crippen molar-refractivity contribution in [1.29, 1.82) is 0 Å². The highest BCUT2D eigenvalue weighted by molar-refractivity contribution is 7.80. The number of carboxylic acids is 1. The summed E-state index contributed by atoms with van der Waals surface area (Å²) in [4.78, 5) is 11.1. The summed E-state index contributed by atoms with van der Waals surface area (Å²) in [6, 6.07) is 0.479. The summed E-state index contributed by atoms with van der Waals surface area (Å²) in [7, 11) is 0. The fourth-order valence-electron chi connectivity index (χ4n) is 3.34. The van der Waals surface area contributed by atoms with E-state index in [1.165, 1.54) is 51.4 Å². The predicted octanol–water partition coefficient (Wildman–Crippen LogP) is 5.84. The van der Waals surface area contributed by atoms with Crippen LogP contribution in [0.3, 0.4) is 0 Å². The molecule has 1 aromatic rings. The molecule has 0 bridgehead atoms. The van der Waals surface area contributed by atoms with E-state index in [-0.39, 0.29) is 19.6 Å². The largest absolute Gasteiger partial charge is 0.478 e. The summed E-state index contributed by atoms with van der Waals surface area (Å²) in [5.74, 6) is -5.25. The molecule has 0 aliphatic heterocycles. The number of hydrogen-bond acceptors (Lipinski definition) is 5. The van der Waals surface area contributed by atoms with Crippen LogP contribution in [0.4, 0.5) is 13.2 Å². The van der Waals surface area contributed by atoms with E-state index in [4.69, 9.17) is 19.3 Å². The maximum absolute atomic E-state index is 13.8. The van der Waals surface area contributed by atoms with Crippen molar-refractivity contribution in [3.05, 3.63) is 34.6 Å². The number of aromatic carboxylic acids is 1. The van der Waals surface area contributed by atoms with E-state index in [1.54, 1.807) is 0 Å². The first kappa shape index (κ1) is 29.7. The molecule has 0 fully saturated rings. The van der Waals surface area contributed by atoms with Crippen LogP contribution in [0.5, 0.6) is 0 Å². The number of hydrogen-bond donors (Lipinski definition) is 2. The smallest absolute Gasteiger partial charge is 0.336 e. The molecule has 0 aromatic heterocycles. The van der Waals surface area contributed by atoms with Gasteiger partial charge in [-0.1, -0.05) is 44.9 Å². The van der Waals surface area contributed by atoms with Gasteiger partial charge in [0.15, 0.2) is 17.5 Å². The van der Waals surface area contributed by atoms with Gasteiger partial charge in [-0.15, -0.1) is 0 Å². The molecule has 0 saturated heterocycles. The first-order valence-corrected chi connectivity index (χ1v) is 12.4. The van der Waals surface area contributed by atoms with Gasteiger partial charge >= 0.3 is 5.97 Å². The number of unbranched alkanes of at least 4 members (excludes halogenated alkanes) is 8. The maximum Gasteiger partial charge on any atom is 0.336 e. The lowest BCUT2D eigenvalue weighted by molar-refractivity contribution is 0.0143. The van der Waals surface area contributed by atoms with E-state index in [0.717, 1.165) is 12.2 Å². The molecule has 0 unspecified atom stereocenters. The van der Waals surface area contributed by atoms with Crippen LogP contribution in [0.25, 0.3) is 0 Å². The molecule has 5 nitrogen and oxygen atoms in total. The molecule has 190 valence electrons. The number of thiol groups is 1. The molecule has 0 saturated carbocycles. The minimum Gasteiger partial charge on any atom is -0.478 e. The topological polar surface area (TPSA) is 65.0 Å². The van der Waals surface area contributed by atoms with Crippen LogP contribution >= 0.6 is 12.6 Å². The maximum atomic E-state index is 13.8. The molecular weight excluding hydrogens is 457 g/mol. The van der Waals surface area contributed by atoms with Crippen LogP contribution in [0.2, 0.25) is 0 Å². The second-order valence-corrected chi connectivity index (χ2v) is 8.26. The molecule has 0 amide bonds. The van der Waals surface area contributed by atoms with Crippen molar-refractivity contribution in [2.45, 2.75) is 64.2 Å². The lowest BCUT2D eigenvalue weighted by atomic mass is 10.0. The first-order valence-electron chi connectivity index (χ1n) is 11.7. The lowest BCUT2D eigenvalue weighted by Gasteiger charge is -2.10. The second kappa shape index (κ2) is 19.1. The van der Waals surface area contributed by atoms with Crippen molar-refractivity contribution in [1.82, 2.24) is 0 Å². The van der Waals surface area contributed by atoms with Crippen molar-refractivity contribution in [3.8, 4) is 0 Å². The molecule has 0 aliphatic carbocycles. The van der Waals surface area contributed by atoms with Gasteiger partial charge in [0.1, 0.15) is 0 Å². The Balaban J connectivity index is 1.95. The average molecular weight is 495 g/mol. The number of rotatable bonds is 21. The molecule has 9 heteroatoms. The third-order valence-corrected chi connectivity index (χ3v) is 5.50. The normalized spacial score (nSPS) is 11.3. The van der Waals surface area contributed by atoms with Crippen molar-refractivity contribution in [2.24, 2.45) is 0 Å². The standard InChI is InChI=1S/C24H37F3O5S/c25-21-18-20(24(28)29)19(22(26)23(21)27)10-12-31-14-16-32-15-13-30-11-8-6-4-2-1-3-5-7-9-17-33/h18,33H,1-17H2,(H,28,29). The zero-order chi connectivity index (χ0) is 24.3. The zero-order valence-corrected chi connectivity index (χ0v) is 20.2. The Morgan fingerprint density at radius 2 is 1.21 bits per heavy atom. The third-order valence-electron chi connectivity index (χ3n) is 5.18. The van der Waals surface area contributed by atoms with Gasteiger partial charge in [0, 0.05) is 12.2 Å². The summed E-state index contributed by atoms with van der Waals surface area (Å²) in [5.41, 5.74) is -1.02. The second-order valence-electron chi connectivity index (χ2n) is 7.81. The number of benzene rings is 1. The van der Waals surface area contributed by atoms with Crippen LogP contribution in [0.15, 0.2) is 6.07 Å². The van der Waals surface area contributed by atoms with Crippen LogP contribution in [0, 0.1) is 17.5 Å². The fourth-order valence-corrected chi connectivity index (χ4v) is 3.56. The van der Waals surface area contributed by atoms with Gasteiger partial charge < -0.3 is 19.3 Å². The van der Waals surface area contributed by atoms with E-state index >= 15 is 0 Å². The van der Waals surface area contributed by atoms with Crippen molar-refractivity contribution in [3.63, 3.8) is 0 Å². The number of carbonyl (C=O) groups is 1. The van der Waals surface area contributed by atoms with Crippen molar-refractivity contribution < 1.29 is 37.3 Å². The van der Waals surface area contributed by atoms with Gasteiger partial charge in [0.25, 0.3) is 0 Å². The summed E-state index contributed by atoms with van der Waals surface area (Å²) in [6.07, 6.45) is 11.0. The Labute approximate surface area is 200 Å². The van der Waals surface area contributed by atoms with Crippen molar-refractivity contribution >= 4 is 18.6 Å². The minimum atomic E-state index is -1.69. The first-order chi connectivity index (χ1) is 16.0. The summed E-state index contributed by atoms with van der Waals surface area (Å²) < 4.78 is 56.6. The number of carboxylic acid groups (broad SMARTS) is 1. The highest BCUT2D eigenvalue weighted by Crippen LogP contribution is 2.21. The molecule has 0 atom stereocenters. The zero-order valence-electron chi connectivity index (χ0n) is 19.3. The van der Waals surface area contributed by atoms with Gasteiger partial charge in [0.2, 0.25) is 0 Å². The Bertz CT molecular complexity index is 676. The van der Waals surface area contributed by atoms with E-state index in [0.29, 0.717) is 32.5 Å². The van der Waals surface area contributed by atoms with Gasteiger partial charge in [-0.2, -0.15) is 12.6 Å². The molecule has 0 heterocycles. The molecule has 33 heavy (non-hydrogen) atoms. The third kappa shape index (κ3) is 13.2. The predicted molar refractivity (Wildman–Crippen MR) is 125 cm³/mol. The Kier molecular flexibility index (Phi) is 17.2. The van der Waals surface area contributed by atoms with Gasteiger partial charge in [-0.05, 0) is 31.1 Å². The average Bonchev–Trinajstić information content (AvgIpc) is 2.79. The molecule has 0 aliphatic rings.